The first-order valence-corrected chi connectivity index (χ1v) is 6.28. The Bertz CT molecular complexity index is 656. The first-order valence-electron chi connectivity index (χ1n) is 5.90. The lowest BCUT2D eigenvalue weighted by atomic mass is 10.1. The molecule has 0 amide bonds. The summed E-state index contributed by atoms with van der Waals surface area (Å²) in [5, 5.41) is 11.4. The molecule has 0 aliphatic carbocycles. The highest BCUT2D eigenvalue weighted by Crippen LogP contribution is 2.19. The zero-order valence-corrected chi connectivity index (χ0v) is 11.2. The predicted octanol–water partition coefficient (Wildman–Crippen LogP) is 4.34. The number of halogens is 2. The van der Waals surface area contributed by atoms with Gasteiger partial charge in [0.25, 0.3) is 5.70 Å². The summed E-state index contributed by atoms with van der Waals surface area (Å²) in [4.78, 5) is 10.6. The fraction of sp³-hybridized carbons (Fsp3) is 0.0667. The maximum atomic E-state index is 13.6. The minimum atomic E-state index is -0.540. The molecule has 0 spiro atoms. The van der Waals surface area contributed by atoms with Gasteiger partial charge in [-0.15, -0.1) is 0 Å². The van der Waals surface area contributed by atoms with Gasteiger partial charge < -0.3 is 0 Å². The summed E-state index contributed by atoms with van der Waals surface area (Å²) < 4.78 is 13.6. The Kier molecular flexibility index (Phi) is 4.48. The molecule has 0 atom stereocenters. The largest absolute Gasteiger partial charge is 0.259 e. The number of allylic oxidation sites excluding steroid dienone is 1. The van der Waals surface area contributed by atoms with Crippen molar-refractivity contribution in [2.24, 2.45) is 0 Å². The van der Waals surface area contributed by atoms with Crippen LogP contribution in [0, 0.1) is 15.9 Å². The van der Waals surface area contributed by atoms with Crippen molar-refractivity contribution in [3.8, 4) is 0 Å². The van der Waals surface area contributed by atoms with Gasteiger partial charge in [-0.3, -0.25) is 10.1 Å². The van der Waals surface area contributed by atoms with E-state index in [1.54, 1.807) is 24.3 Å². The van der Waals surface area contributed by atoms with E-state index in [2.05, 4.69) is 0 Å². The molecule has 0 fully saturated rings. The Morgan fingerprint density at radius 2 is 1.95 bits per heavy atom. The summed E-state index contributed by atoms with van der Waals surface area (Å²) in [5.41, 5.74) is 0.815. The molecule has 0 N–H and O–H groups in total. The van der Waals surface area contributed by atoms with E-state index in [-0.39, 0.29) is 17.7 Å². The molecule has 2 rings (SSSR count). The van der Waals surface area contributed by atoms with Crippen LogP contribution < -0.4 is 0 Å². The maximum absolute atomic E-state index is 13.6. The summed E-state index contributed by atoms with van der Waals surface area (Å²) in [6, 6.07) is 12.9. The second kappa shape index (κ2) is 6.30. The van der Waals surface area contributed by atoms with Crippen molar-refractivity contribution in [2.75, 3.05) is 0 Å². The van der Waals surface area contributed by atoms with E-state index in [0.717, 1.165) is 5.56 Å². The van der Waals surface area contributed by atoms with Gasteiger partial charge in [-0.2, -0.15) is 0 Å². The van der Waals surface area contributed by atoms with Crippen LogP contribution in [0.2, 0.25) is 5.02 Å². The Hall–Kier alpha value is -2.20. The van der Waals surface area contributed by atoms with E-state index in [1.165, 1.54) is 24.3 Å². The van der Waals surface area contributed by atoms with Crippen molar-refractivity contribution in [3.05, 3.63) is 86.3 Å². The minimum absolute atomic E-state index is 0.0858. The van der Waals surface area contributed by atoms with E-state index in [0.29, 0.717) is 5.02 Å². The first kappa shape index (κ1) is 14.2. The van der Waals surface area contributed by atoms with E-state index in [1.807, 2.05) is 6.07 Å². The lowest BCUT2D eigenvalue weighted by molar-refractivity contribution is -0.425. The van der Waals surface area contributed by atoms with Crippen molar-refractivity contribution in [3.63, 3.8) is 0 Å². The third-order valence-corrected chi connectivity index (χ3v) is 2.98. The molecule has 0 saturated carbocycles. The average molecular weight is 292 g/mol. The van der Waals surface area contributed by atoms with Crippen molar-refractivity contribution in [2.45, 2.75) is 6.42 Å². The Labute approximate surface area is 120 Å². The van der Waals surface area contributed by atoms with E-state index < -0.39 is 10.7 Å². The molecule has 102 valence electrons. The second-order valence-electron chi connectivity index (χ2n) is 4.22. The van der Waals surface area contributed by atoms with Crippen LogP contribution in [0.3, 0.4) is 0 Å². The fourth-order valence-corrected chi connectivity index (χ4v) is 1.96. The molecule has 2 aromatic carbocycles. The van der Waals surface area contributed by atoms with Gasteiger partial charge in [0.15, 0.2) is 0 Å². The standard InChI is InChI=1S/C15H11ClFNO2/c16-13-6-7-15(17)12(9-13)10-14(18(19)20)8-11-4-2-1-3-5-11/h1-7,9-10H,8H2/b14-10+. The summed E-state index contributed by atoms with van der Waals surface area (Å²) in [6.07, 6.45) is 1.34. The number of nitrogens with zero attached hydrogens (tertiary/aromatic N) is 1. The van der Waals surface area contributed by atoms with Crippen molar-refractivity contribution >= 4 is 17.7 Å². The third-order valence-electron chi connectivity index (χ3n) is 2.74. The average Bonchev–Trinajstić information content (AvgIpc) is 2.43. The van der Waals surface area contributed by atoms with Gasteiger partial charge >= 0.3 is 0 Å². The van der Waals surface area contributed by atoms with Crippen LogP contribution in [0.5, 0.6) is 0 Å². The zero-order chi connectivity index (χ0) is 14.5. The molecule has 0 radical (unpaired) electrons. The van der Waals surface area contributed by atoms with Crippen LogP contribution in [0.4, 0.5) is 4.39 Å². The monoisotopic (exact) mass is 291 g/mol. The van der Waals surface area contributed by atoms with Crippen molar-refractivity contribution in [1.29, 1.82) is 0 Å². The van der Waals surface area contributed by atoms with Crippen molar-refractivity contribution < 1.29 is 9.31 Å². The lowest BCUT2D eigenvalue weighted by Gasteiger charge is -2.01. The van der Waals surface area contributed by atoms with Gasteiger partial charge in [0.05, 0.1) is 11.3 Å². The smallest absolute Gasteiger partial charge is 0.251 e. The minimum Gasteiger partial charge on any atom is -0.259 e. The summed E-state index contributed by atoms with van der Waals surface area (Å²) in [7, 11) is 0. The van der Waals surface area contributed by atoms with Gasteiger partial charge in [-0.05, 0) is 23.8 Å². The predicted molar refractivity (Wildman–Crippen MR) is 76.5 cm³/mol. The molecular formula is C15H11ClFNO2. The summed E-state index contributed by atoms with van der Waals surface area (Å²) >= 11 is 5.77. The number of rotatable bonds is 4. The van der Waals surface area contributed by atoms with Crippen molar-refractivity contribution in [1.82, 2.24) is 0 Å². The van der Waals surface area contributed by atoms with E-state index in [9.17, 15) is 14.5 Å². The van der Waals surface area contributed by atoms with Crippen LogP contribution in [0.15, 0.2) is 54.2 Å². The van der Waals surface area contributed by atoms with Crippen LogP contribution >= 0.6 is 11.6 Å². The van der Waals surface area contributed by atoms with E-state index >= 15 is 0 Å². The molecule has 0 aromatic heterocycles. The van der Waals surface area contributed by atoms with Gasteiger partial charge in [-0.25, -0.2) is 4.39 Å². The number of nitro groups is 1. The number of hydrogen-bond donors (Lipinski definition) is 0. The van der Waals surface area contributed by atoms with Gasteiger partial charge in [0.2, 0.25) is 0 Å². The molecule has 0 unspecified atom stereocenters. The fourth-order valence-electron chi connectivity index (χ4n) is 1.78. The molecule has 5 heteroatoms. The molecule has 20 heavy (non-hydrogen) atoms. The summed E-state index contributed by atoms with van der Waals surface area (Å²) in [6.45, 7) is 0. The quantitative estimate of drug-likeness (QED) is 0.621. The van der Waals surface area contributed by atoms with Crippen LogP contribution in [0.1, 0.15) is 11.1 Å². The topological polar surface area (TPSA) is 43.1 Å². The molecular weight excluding hydrogens is 281 g/mol. The molecule has 0 aliphatic heterocycles. The lowest BCUT2D eigenvalue weighted by Crippen LogP contribution is -2.02. The highest BCUT2D eigenvalue weighted by atomic mass is 35.5. The molecule has 0 heterocycles. The third kappa shape index (κ3) is 3.65. The van der Waals surface area contributed by atoms with Crippen LogP contribution in [-0.4, -0.2) is 4.92 Å². The Morgan fingerprint density at radius 1 is 1.25 bits per heavy atom. The molecule has 0 saturated heterocycles. The van der Waals surface area contributed by atoms with Gasteiger partial charge in [-0.1, -0.05) is 41.9 Å². The maximum Gasteiger partial charge on any atom is 0.251 e. The van der Waals surface area contributed by atoms with E-state index in [4.69, 9.17) is 11.6 Å². The first-order chi connectivity index (χ1) is 9.56. The van der Waals surface area contributed by atoms with Gasteiger partial charge in [0.1, 0.15) is 5.82 Å². The highest BCUT2D eigenvalue weighted by molar-refractivity contribution is 6.30. The van der Waals surface area contributed by atoms with Gasteiger partial charge in [0, 0.05) is 16.7 Å². The molecule has 0 aliphatic rings. The summed E-state index contributed by atoms with van der Waals surface area (Å²) in [5.74, 6) is -0.540. The van der Waals surface area contributed by atoms with Crippen LogP contribution in [0.25, 0.3) is 6.08 Å². The SMILES string of the molecule is O=[N+]([O-])/C(=C/c1cc(Cl)ccc1F)Cc1ccccc1. The molecule has 3 nitrogen and oxygen atoms in total. The second-order valence-corrected chi connectivity index (χ2v) is 4.66. The normalized spacial score (nSPS) is 11.4. The highest BCUT2D eigenvalue weighted by Gasteiger charge is 2.13. The Morgan fingerprint density at radius 3 is 2.60 bits per heavy atom. The number of hydrogen-bond acceptors (Lipinski definition) is 2. The number of benzene rings is 2. The Balaban J connectivity index is 2.35. The molecule has 2 aromatic rings. The zero-order valence-electron chi connectivity index (χ0n) is 10.4. The van der Waals surface area contributed by atoms with Crippen LogP contribution in [-0.2, 0) is 6.42 Å². The molecule has 0 bridgehead atoms.